The second-order valence-electron chi connectivity index (χ2n) is 4.06. The van der Waals surface area contributed by atoms with Crippen molar-refractivity contribution in [1.82, 2.24) is 20.1 Å². The molecule has 1 unspecified atom stereocenters. The first-order valence-electron chi connectivity index (χ1n) is 5.83. The number of aromatic nitrogens is 3. The fourth-order valence-electron chi connectivity index (χ4n) is 1.68. The van der Waals surface area contributed by atoms with Crippen LogP contribution in [0.25, 0.3) is 11.5 Å². The fraction of sp³-hybridized carbons (Fsp3) is 0.417. The van der Waals surface area contributed by atoms with Crippen LogP contribution >= 0.6 is 0 Å². The zero-order valence-corrected chi connectivity index (χ0v) is 10.7. The minimum absolute atomic E-state index is 0.0396. The zero-order chi connectivity index (χ0) is 13.1. The molecule has 0 aliphatic carbocycles. The van der Waals surface area contributed by atoms with E-state index < -0.39 is 0 Å². The molecular weight excluding hydrogens is 232 g/mol. The molecule has 18 heavy (non-hydrogen) atoms. The van der Waals surface area contributed by atoms with Crippen LogP contribution in [-0.4, -0.2) is 21.8 Å². The van der Waals surface area contributed by atoms with Crippen molar-refractivity contribution >= 4 is 0 Å². The van der Waals surface area contributed by atoms with E-state index in [-0.39, 0.29) is 11.6 Å². The third-order valence-corrected chi connectivity index (χ3v) is 2.85. The molecule has 0 amide bonds. The normalized spacial score (nSPS) is 12.6. The van der Waals surface area contributed by atoms with Crippen LogP contribution in [0.1, 0.15) is 25.3 Å². The summed E-state index contributed by atoms with van der Waals surface area (Å²) in [4.78, 5) is 11.5. The number of nitrogens with one attached hydrogen (secondary N) is 1. The molecule has 6 heteroatoms. The minimum atomic E-state index is -0.104. The predicted octanol–water partition coefficient (Wildman–Crippen LogP) is 1.11. The summed E-state index contributed by atoms with van der Waals surface area (Å²) in [7, 11) is 3.54. The van der Waals surface area contributed by atoms with E-state index in [9.17, 15) is 4.79 Å². The predicted molar refractivity (Wildman–Crippen MR) is 67.1 cm³/mol. The first-order valence-corrected chi connectivity index (χ1v) is 5.83. The molecular formula is C12H16N4O2. The van der Waals surface area contributed by atoms with Gasteiger partial charge in [-0.15, -0.1) is 10.2 Å². The van der Waals surface area contributed by atoms with E-state index in [0.717, 1.165) is 6.42 Å². The van der Waals surface area contributed by atoms with E-state index in [4.69, 9.17) is 4.42 Å². The topological polar surface area (TPSA) is 73.0 Å². The first kappa shape index (κ1) is 12.5. The van der Waals surface area contributed by atoms with Crippen molar-refractivity contribution < 1.29 is 4.42 Å². The molecule has 0 saturated heterocycles. The molecule has 0 aromatic carbocycles. The van der Waals surface area contributed by atoms with Crippen molar-refractivity contribution in [2.45, 2.75) is 19.4 Å². The van der Waals surface area contributed by atoms with Crippen LogP contribution in [-0.2, 0) is 7.05 Å². The van der Waals surface area contributed by atoms with Gasteiger partial charge < -0.3 is 14.3 Å². The second-order valence-corrected chi connectivity index (χ2v) is 4.06. The molecule has 2 aromatic rings. The van der Waals surface area contributed by atoms with Crippen LogP contribution < -0.4 is 10.9 Å². The molecule has 0 aliphatic rings. The Kier molecular flexibility index (Phi) is 3.57. The van der Waals surface area contributed by atoms with Gasteiger partial charge in [0.25, 0.3) is 5.56 Å². The minimum Gasteiger partial charge on any atom is -0.419 e. The average molecular weight is 248 g/mol. The third kappa shape index (κ3) is 2.33. The van der Waals surface area contributed by atoms with Gasteiger partial charge in [-0.2, -0.15) is 0 Å². The molecule has 0 saturated carbocycles. The van der Waals surface area contributed by atoms with Gasteiger partial charge in [-0.3, -0.25) is 4.79 Å². The van der Waals surface area contributed by atoms with E-state index in [1.165, 1.54) is 10.6 Å². The lowest BCUT2D eigenvalue weighted by molar-refractivity contribution is 0.415. The van der Waals surface area contributed by atoms with E-state index in [1.54, 1.807) is 19.3 Å². The average Bonchev–Trinajstić information content (AvgIpc) is 2.84. The smallest absolute Gasteiger partial charge is 0.251 e. The second kappa shape index (κ2) is 5.14. The Morgan fingerprint density at radius 3 is 2.89 bits per heavy atom. The van der Waals surface area contributed by atoms with Crippen LogP contribution in [0, 0.1) is 0 Å². The molecule has 2 heterocycles. The molecule has 0 spiro atoms. The van der Waals surface area contributed by atoms with Gasteiger partial charge in [0.1, 0.15) is 0 Å². The monoisotopic (exact) mass is 248 g/mol. The first-order chi connectivity index (χ1) is 8.65. The number of hydrogen-bond acceptors (Lipinski definition) is 5. The Labute approximate surface area is 105 Å². The van der Waals surface area contributed by atoms with Gasteiger partial charge in [0.2, 0.25) is 11.8 Å². The summed E-state index contributed by atoms with van der Waals surface area (Å²) in [5.41, 5.74) is 0.538. The van der Waals surface area contributed by atoms with Crippen molar-refractivity contribution in [3.05, 3.63) is 34.6 Å². The highest BCUT2D eigenvalue weighted by Gasteiger charge is 2.15. The lowest BCUT2D eigenvalue weighted by atomic mass is 10.2. The Bertz CT molecular complexity index is 584. The molecule has 6 nitrogen and oxygen atoms in total. The van der Waals surface area contributed by atoms with Crippen molar-refractivity contribution in [2.24, 2.45) is 7.05 Å². The molecule has 0 radical (unpaired) electrons. The molecule has 0 fully saturated rings. The van der Waals surface area contributed by atoms with E-state index >= 15 is 0 Å². The van der Waals surface area contributed by atoms with Crippen molar-refractivity contribution in [1.29, 1.82) is 0 Å². The number of aryl methyl sites for hydroxylation is 1. The Morgan fingerprint density at radius 1 is 1.50 bits per heavy atom. The van der Waals surface area contributed by atoms with Gasteiger partial charge in [0.15, 0.2) is 0 Å². The Morgan fingerprint density at radius 2 is 2.28 bits per heavy atom. The van der Waals surface area contributed by atoms with Gasteiger partial charge in [0.05, 0.1) is 6.04 Å². The van der Waals surface area contributed by atoms with Crippen LogP contribution in [0.3, 0.4) is 0 Å². The summed E-state index contributed by atoms with van der Waals surface area (Å²) in [6, 6.07) is 3.30. The van der Waals surface area contributed by atoms with E-state index in [0.29, 0.717) is 17.3 Å². The Balaban J connectivity index is 2.34. The highest BCUT2D eigenvalue weighted by Crippen LogP contribution is 2.20. The summed E-state index contributed by atoms with van der Waals surface area (Å²) < 4.78 is 7.06. The number of rotatable bonds is 4. The van der Waals surface area contributed by atoms with Crippen LogP contribution in [0.15, 0.2) is 27.5 Å². The lowest BCUT2D eigenvalue weighted by Crippen LogP contribution is -2.15. The highest BCUT2D eigenvalue weighted by atomic mass is 16.4. The maximum Gasteiger partial charge on any atom is 0.251 e. The lowest BCUT2D eigenvalue weighted by Gasteiger charge is -2.07. The SMILES string of the molecule is CCC(NC)c1nnc(-c2ccn(C)c(=O)c2)o1. The third-order valence-electron chi connectivity index (χ3n) is 2.85. The number of hydrogen-bond donors (Lipinski definition) is 1. The molecule has 96 valence electrons. The summed E-state index contributed by atoms with van der Waals surface area (Å²) in [5.74, 6) is 0.909. The molecule has 0 aliphatic heterocycles. The summed E-state index contributed by atoms with van der Waals surface area (Å²) in [6.45, 7) is 2.03. The number of nitrogens with zero attached hydrogens (tertiary/aromatic N) is 3. The summed E-state index contributed by atoms with van der Waals surface area (Å²) in [6.07, 6.45) is 2.53. The quantitative estimate of drug-likeness (QED) is 0.877. The van der Waals surface area contributed by atoms with Crippen LogP contribution in [0.5, 0.6) is 0 Å². The van der Waals surface area contributed by atoms with Crippen LogP contribution in [0.2, 0.25) is 0 Å². The maximum atomic E-state index is 11.5. The summed E-state index contributed by atoms with van der Waals surface area (Å²) >= 11 is 0. The summed E-state index contributed by atoms with van der Waals surface area (Å²) in [5, 5.41) is 11.1. The van der Waals surface area contributed by atoms with Crippen molar-refractivity contribution in [3.8, 4) is 11.5 Å². The zero-order valence-electron chi connectivity index (χ0n) is 10.7. The maximum absolute atomic E-state index is 11.5. The van der Waals surface area contributed by atoms with Gasteiger partial charge in [-0.05, 0) is 19.5 Å². The van der Waals surface area contributed by atoms with Gasteiger partial charge in [-0.25, -0.2) is 0 Å². The van der Waals surface area contributed by atoms with Gasteiger partial charge in [-0.1, -0.05) is 6.92 Å². The molecule has 1 N–H and O–H groups in total. The van der Waals surface area contributed by atoms with E-state index in [1.807, 2.05) is 14.0 Å². The Hall–Kier alpha value is -1.95. The molecule has 2 rings (SSSR count). The standard InChI is InChI=1S/C12H16N4O2/c1-4-9(13-2)12-15-14-11(18-12)8-5-6-16(3)10(17)7-8/h5-7,9,13H,4H2,1-3H3. The molecule has 1 atom stereocenters. The van der Waals surface area contributed by atoms with Gasteiger partial charge >= 0.3 is 0 Å². The molecule has 2 aromatic heterocycles. The largest absolute Gasteiger partial charge is 0.419 e. The number of pyridine rings is 1. The van der Waals surface area contributed by atoms with E-state index in [2.05, 4.69) is 15.5 Å². The van der Waals surface area contributed by atoms with Crippen LogP contribution in [0.4, 0.5) is 0 Å². The highest BCUT2D eigenvalue weighted by molar-refractivity contribution is 5.50. The molecule has 0 bridgehead atoms. The van der Waals surface area contributed by atoms with Gasteiger partial charge in [0, 0.05) is 24.9 Å². The van der Waals surface area contributed by atoms with Crippen molar-refractivity contribution in [3.63, 3.8) is 0 Å². The van der Waals surface area contributed by atoms with Crippen molar-refractivity contribution in [2.75, 3.05) is 7.05 Å². The fourth-order valence-corrected chi connectivity index (χ4v) is 1.68.